The number of rotatable bonds is 2. The molecular formula is C17H17BrN2S. The minimum Gasteiger partial charge on any atom is -0.346 e. The molecule has 2 nitrogen and oxygen atoms in total. The number of aryl methyl sites for hydroxylation is 1. The number of halogens is 1. The Hall–Kier alpha value is -1.00. The Morgan fingerprint density at radius 1 is 1.10 bits per heavy atom. The molecule has 1 N–H and O–H groups in total. The fraction of sp³-hybridized carbons (Fsp3) is 0.412. The van der Waals surface area contributed by atoms with Crippen molar-refractivity contribution in [2.45, 2.75) is 43.9 Å². The van der Waals surface area contributed by atoms with E-state index >= 15 is 0 Å². The summed E-state index contributed by atoms with van der Waals surface area (Å²) in [7, 11) is 0. The smallest absolute Gasteiger partial charge is 0.144 e. The van der Waals surface area contributed by atoms with Gasteiger partial charge in [-0.3, -0.25) is 0 Å². The summed E-state index contributed by atoms with van der Waals surface area (Å²) in [6.45, 7) is 0. The van der Waals surface area contributed by atoms with Gasteiger partial charge in [-0.05, 0) is 59.2 Å². The third-order valence-electron chi connectivity index (χ3n) is 4.63. The van der Waals surface area contributed by atoms with Crippen LogP contribution in [0.1, 0.15) is 53.7 Å². The summed E-state index contributed by atoms with van der Waals surface area (Å²) >= 11 is 9.05. The van der Waals surface area contributed by atoms with Gasteiger partial charge in [0.1, 0.15) is 10.5 Å². The Morgan fingerprint density at radius 3 is 2.62 bits per heavy atom. The van der Waals surface area contributed by atoms with Gasteiger partial charge in [-0.2, -0.15) is 0 Å². The first-order valence-corrected chi connectivity index (χ1v) is 8.79. The molecule has 4 rings (SSSR count). The van der Waals surface area contributed by atoms with E-state index in [4.69, 9.17) is 12.2 Å². The van der Waals surface area contributed by atoms with E-state index in [1.54, 1.807) is 0 Å². The van der Waals surface area contributed by atoms with Gasteiger partial charge in [0.05, 0.1) is 4.47 Å². The highest BCUT2D eigenvalue weighted by molar-refractivity contribution is 9.10. The number of H-pyrrole nitrogens is 1. The van der Waals surface area contributed by atoms with Crippen molar-refractivity contribution < 1.29 is 0 Å². The molecule has 1 aromatic heterocycles. The highest BCUT2D eigenvalue weighted by Gasteiger charge is 2.29. The molecule has 0 saturated heterocycles. The molecule has 0 amide bonds. The van der Waals surface area contributed by atoms with Gasteiger partial charge in [0.2, 0.25) is 0 Å². The number of hydrogen-bond donors (Lipinski definition) is 1. The van der Waals surface area contributed by atoms with Crippen LogP contribution in [0.2, 0.25) is 0 Å². The van der Waals surface area contributed by atoms with Gasteiger partial charge in [0.15, 0.2) is 0 Å². The molecule has 0 radical (unpaired) electrons. The number of nitrogens with zero attached hydrogens (tertiary/aromatic N) is 1. The summed E-state index contributed by atoms with van der Waals surface area (Å²) in [5, 5.41) is 0. The average Bonchev–Trinajstić information content (AvgIpc) is 3.34. The zero-order valence-corrected chi connectivity index (χ0v) is 14.1. The standard InChI is InChI=1S/C17H17BrN2S/c18-14-15(11-6-7-11)19-16(20-17(14)21)13-8-5-10-3-1-2-4-12(10)9-13/h1-4,11,13H,5-9H2,(H,19,20,21). The van der Waals surface area contributed by atoms with Crippen molar-refractivity contribution in [2.75, 3.05) is 0 Å². The summed E-state index contributed by atoms with van der Waals surface area (Å²) < 4.78 is 1.71. The molecule has 1 atom stereocenters. The molecule has 4 heteroatoms. The third-order valence-corrected chi connectivity index (χ3v) is 5.99. The molecular weight excluding hydrogens is 344 g/mol. The Labute approximate surface area is 138 Å². The van der Waals surface area contributed by atoms with E-state index in [9.17, 15) is 0 Å². The van der Waals surface area contributed by atoms with Crippen LogP contribution in [0.3, 0.4) is 0 Å². The number of aromatic nitrogens is 2. The number of fused-ring (bicyclic) bond motifs is 1. The molecule has 1 unspecified atom stereocenters. The molecule has 1 aromatic carbocycles. The zero-order valence-electron chi connectivity index (χ0n) is 11.7. The summed E-state index contributed by atoms with van der Waals surface area (Å²) in [6, 6.07) is 8.76. The minimum absolute atomic E-state index is 0.465. The van der Waals surface area contributed by atoms with Crippen LogP contribution in [0, 0.1) is 4.64 Å². The predicted octanol–water partition coefficient (Wildman–Crippen LogP) is 5.05. The van der Waals surface area contributed by atoms with Crippen molar-refractivity contribution in [1.82, 2.24) is 9.97 Å². The fourth-order valence-corrected chi connectivity index (χ4v) is 3.99. The second kappa shape index (κ2) is 5.33. The largest absolute Gasteiger partial charge is 0.346 e. The van der Waals surface area contributed by atoms with E-state index in [0.29, 0.717) is 16.5 Å². The van der Waals surface area contributed by atoms with Crippen LogP contribution in [0.5, 0.6) is 0 Å². The van der Waals surface area contributed by atoms with Crippen LogP contribution in [0.25, 0.3) is 0 Å². The summed E-state index contributed by atoms with van der Waals surface area (Å²) in [5.41, 5.74) is 4.22. The molecule has 2 aromatic rings. The van der Waals surface area contributed by atoms with Crippen molar-refractivity contribution in [3.05, 3.63) is 56.0 Å². The third kappa shape index (κ3) is 2.59. The Balaban J connectivity index is 1.70. The molecule has 1 heterocycles. The highest BCUT2D eigenvalue weighted by Crippen LogP contribution is 2.43. The van der Waals surface area contributed by atoms with Crippen molar-refractivity contribution in [3.8, 4) is 0 Å². The Bertz CT molecular complexity index is 749. The lowest BCUT2D eigenvalue weighted by atomic mass is 9.83. The van der Waals surface area contributed by atoms with Gasteiger partial charge in [-0.25, -0.2) is 4.98 Å². The van der Waals surface area contributed by atoms with Crippen molar-refractivity contribution >= 4 is 28.1 Å². The van der Waals surface area contributed by atoms with E-state index in [-0.39, 0.29) is 0 Å². The molecule has 21 heavy (non-hydrogen) atoms. The van der Waals surface area contributed by atoms with Gasteiger partial charge in [-0.15, -0.1) is 0 Å². The molecule has 0 aliphatic heterocycles. The first kappa shape index (κ1) is 13.6. The fourth-order valence-electron chi connectivity index (χ4n) is 3.27. The maximum atomic E-state index is 5.44. The van der Waals surface area contributed by atoms with Crippen LogP contribution in [-0.4, -0.2) is 9.97 Å². The maximum absolute atomic E-state index is 5.44. The van der Waals surface area contributed by atoms with Crippen LogP contribution in [0.15, 0.2) is 28.7 Å². The van der Waals surface area contributed by atoms with Crippen molar-refractivity contribution in [2.24, 2.45) is 0 Å². The van der Waals surface area contributed by atoms with E-state index in [1.165, 1.54) is 29.7 Å². The van der Waals surface area contributed by atoms with Gasteiger partial charge in [0, 0.05) is 17.5 Å². The number of hydrogen-bond acceptors (Lipinski definition) is 2. The number of aromatic amines is 1. The second-order valence-electron chi connectivity index (χ2n) is 6.14. The van der Waals surface area contributed by atoms with Crippen molar-refractivity contribution in [1.29, 1.82) is 0 Å². The van der Waals surface area contributed by atoms with E-state index in [1.807, 2.05) is 0 Å². The average molecular weight is 361 g/mol. The Morgan fingerprint density at radius 2 is 1.86 bits per heavy atom. The molecule has 2 aliphatic rings. The molecule has 0 bridgehead atoms. The second-order valence-corrected chi connectivity index (χ2v) is 7.32. The van der Waals surface area contributed by atoms with Crippen LogP contribution < -0.4 is 0 Å². The minimum atomic E-state index is 0.465. The highest BCUT2D eigenvalue weighted by atomic mass is 79.9. The molecule has 1 saturated carbocycles. The van der Waals surface area contributed by atoms with Gasteiger partial charge >= 0.3 is 0 Å². The lowest BCUT2D eigenvalue weighted by molar-refractivity contribution is 0.550. The molecule has 108 valence electrons. The predicted molar refractivity (Wildman–Crippen MR) is 90.3 cm³/mol. The van der Waals surface area contributed by atoms with Gasteiger partial charge in [0.25, 0.3) is 0 Å². The lowest BCUT2D eigenvalue weighted by Gasteiger charge is -2.24. The Kier molecular flexibility index (Phi) is 3.46. The molecule has 2 aliphatic carbocycles. The monoisotopic (exact) mass is 360 g/mol. The number of nitrogens with one attached hydrogen (secondary N) is 1. The van der Waals surface area contributed by atoms with Gasteiger partial charge < -0.3 is 4.98 Å². The topological polar surface area (TPSA) is 28.7 Å². The summed E-state index contributed by atoms with van der Waals surface area (Å²) in [6.07, 6.45) is 5.89. The molecule has 1 fully saturated rings. The van der Waals surface area contributed by atoms with Gasteiger partial charge in [-0.1, -0.05) is 36.5 Å². The summed E-state index contributed by atoms with van der Waals surface area (Å²) in [4.78, 5) is 8.24. The summed E-state index contributed by atoms with van der Waals surface area (Å²) in [5.74, 6) is 2.20. The van der Waals surface area contributed by atoms with Crippen LogP contribution >= 0.6 is 28.1 Å². The first-order valence-electron chi connectivity index (χ1n) is 7.59. The normalized spacial score (nSPS) is 21.1. The van der Waals surface area contributed by atoms with E-state index in [2.05, 4.69) is 50.2 Å². The quantitative estimate of drug-likeness (QED) is 0.758. The first-order chi connectivity index (χ1) is 10.2. The zero-order chi connectivity index (χ0) is 14.4. The lowest BCUT2D eigenvalue weighted by Crippen LogP contribution is -2.16. The molecule has 0 spiro atoms. The van der Waals surface area contributed by atoms with Crippen LogP contribution in [0.4, 0.5) is 0 Å². The van der Waals surface area contributed by atoms with E-state index < -0.39 is 0 Å². The van der Waals surface area contributed by atoms with Crippen molar-refractivity contribution in [3.63, 3.8) is 0 Å². The van der Waals surface area contributed by atoms with E-state index in [0.717, 1.165) is 29.6 Å². The number of benzene rings is 1. The van der Waals surface area contributed by atoms with Crippen LogP contribution in [-0.2, 0) is 12.8 Å². The maximum Gasteiger partial charge on any atom is 0.144 e. The SMILES string of the molecule is S=c1nc(C2CCc3ccccc3C2)[nH]c(C2CC2)c1Br.